The average Bonchev–Trinajstić information content (AvgIpc) is 3.54. The number of aromatic carboxylic acids is 1. The number of hydrogen-bond acceptors (Lipinski definition) is 6. The van der Waals surface area contributed by atoms with Crippen LogP contribution < -0.4 is 15.6 Å². The molecule has 33 heavy (non-hydrogen) atoms. The molecule has 9 heteroatoms. The van der Waals surface area contributed by atoms with Gasteiger partial charge in [-0.15, -0.1) is 0 Å². The Kier molecular flexibility index (Phi) is 5.28. The van der Waals surface area contributed by atoms with E-state index in [0.29, 0.717) is 16.9 Å². The van der Waals surface area contributed by atoms with Crippen molar-refractivity contribution in [2.24, 2.45) is 5.41 Å². The fraction of sp³-hybridized carbons (Fsp3) is 0.375. The zero-order valence-corrected chi connectivity index (χ0v) is 18.8. The molecule has 1 atom stereocenters. The molecule has 2 aliphatic rings. The Morgan fingerprint density at radius 1 is 1.24 bits per heavy atom. The number of fused-ring (bicyclic) bond motifs is 1. The molecule has 1 aliphatic heterocycles. The predicted octanol–water partition coefficient (Wildman–Crippen LogP) is 5.23. The summed E-state index contributed by atoms with van der Waals surface area (Å²) in [6.45, 7) is 3.37. The Hall–Kier alpha value is -3.13. The van der Waals surface area contributed by atoms with Crippen molar-refractivity contribution < 1.29 is 18.7 Å². The van der Waals surface area contributed by atoms with Crippen LogP contribution in [0.4, 0.5) is 16.0 Å². The molecular formula is C24H23ClFN3O4. The monoisotopic (exact) mass is 471 g/mol. The number of anilines is 2. The van der Waals surface area contributed by atoms with E-state index in [4.69, 9.17) is 16.0 Å². The van der Waals surface area contributed by atoms with E-state index in [0.717, 1.165) is 25.9 Å². The Morgan fingerprint density at radius 3 is 2.64 bits per heavy atom. The second kappa shape index (κ2) is 8.02. The van der Waals surface area contributed by atoms with Crippen LogP contribution in [0.3, 0.4) is 0 Å². The molecule has 2 fully saturated rings. The normalized spacial score (nSPS) is 17.8. The summed E-state index contributed by atoms with van der Waals surface area (Å²) in [4.78, 5) is 30.4. The molecule has 3 aromatic rings. The highest BCUT2D eigenvalue weighted by molar-refractivity contribution is 6.29. The summed E-state index contributed by atoms with van der Waals surface area (Å²) < 4.78 is 20.6. The molecule has 3 heterocycles. The van der Waals surface area contributed by atoms with E-state index < -0.39 is 17.8 Å². The summed E-state index contributed by atoms with van der Waals surface area (Å²) in [6.07, 6.45) is 4.69. The molecule has 1 aliphatic carbocycles. The standard InChI is InChI=1S/C24H23ClFN3O4/c1-13(27-17-2-3-19(25)28-21(17)23(31)32)15-10-14(26)11-16-18(30)12-20(33-22(15)16)29-8-6-24(4-5-24)7-9-29/h2-3,10-13,27H,4-9H2,1H3,(H,31,32)/t13-/m1/s1. The molecule has 2 N–H and O–H groups in total. The van der Waals surface area contributed by atoms with Gasteiger partial charge < -0.3 is 19.7 Å². The van der Waals surface area contributed by atoms with Crippen LogP contribution in [-0.4, -0.2) is 29.1 Å². The quantitative estimate of drug-likeness (QED) is 0.492. The topological polar surface area (TPSA) is 95.7 Å². The molecule has 172 valence electrons. The maximum absolute atomic E-state index is 14.4. The van der Waals surface area contributed by atoms with Crippen LogP contribution in [0, 0.1) is 11.2 Å². The van der Waals surface area contributed by atoms with Gasteiger partial charge in [-0.3, -0.25) is 4.79 Å². The van der Waals surface area contributed by atoms with Crippen molar-refractivity contribution in [3.05, 3.63) is 62.8 Å². The first kappa shape index (κ1) is 21.7. The number of carboxylic acid groups (broad SMARTS) is 1. The van der Waals surface area contributed by atoms with Gasteiger partial charge in [0.1, 0.15) is 16.6 Å². The molecule has 1 spiro atoms. The van der Waals surface area contributed by atoms with Gasteiger partial charge in [-0.2, -0.15) is 0 Å². The van der Waals surface area contributed by atoms with Crippen molar-refractivity contribution >= 4 is 40.1 Å². The average molecular weight is 472 g/mol. The molecular weight excluding hydrogens is 449 g/mol. The molecule has 7 nitrogen and oxygen atoms in total. The van der Waals surface area contributed by atoms with Crippen LogP contribution in [0.25, 0.3) is 11.0 Å². The van der Waals surface area contributed by atoms with E-state index in [-0.39, 0.29) is 32.9 Å². The lowest BCUT2D eigenvalue weighted by atomic mass is 9.94. The Balaban J connectivity index is 1.53. The molecule has 0 bridgehead atoms. The third kappa shape index (κ3) is 4.15. The van der Waals surface area contributed by atoms with E-state index in [1.807, 2.05) is 0 Å². The Morgan fingerprint density at radius 2 is 1.97 bits per heavy atom. The second-order valence-electron chi connectivity index (χ2n) is 9.01. The highest BCUT2D eigenvalue weighted by Crippen LogP contribution is 2.54. The number of aromatic nitrogens is 1. The number of hydrogen-bond donors (Lipinski definition) is 2. The molecule has 1 saturated carbocycles. The van der Waals surface area contributed by atoms with Crippen molar-refractivity contribution in [2.75, 3.05) is 23.3 Å². The summed E-state index contributed by atoms with van der Waals surface area (Å²) in [5.74, 6) is -1.35. The van der Waals surface area contributed by atoms with Crippen LogP contribution in [0.1, 0.15) is 54.7 Å². The van der Waals surface area contributed by atoms with Gasteiger partial charge in [0.25, 0.3) is 0 Å². The maximum atomic E-state index is 14.4. The van der Waals surface area contributed by atoms with Gasteiger partial charge in [0.2, 0.25) is 0 Å². The minimum absolute atomic E-state index is 0.0481. The van der Waals surface area contributed by atoms with Crippen LogP contribution >= 0.6 is 11.6 Å². The maximum Gasteiger partial charge on any atom is 0.356 e. The highest BCUT2D eigenvalue weighted by Gasteiger charge is 2.44. The summed E-state index contributed by atoms with van der Waals surface area (Å²) in [5.41, 5.74) is 0.829. The number of carboxylic acids is 1. The molecule has 2 aromatic heterocycles. The van der Waals surface area contributed by atoms with Gasteiger partial charge in [0.15, 0.2) is 17.0 Å². The van der Waals surface area contributed by atoms with Gasteiger partial charge in [0.05, 0.1) is 17.1 Å². The summed E-state index contributed by atoms with van der Waals surface area (Å²) in [5, 5.41) is 12.7. The highest BCUT2D eigenvalue weighted by atomic mass is 35.5. The number of carbonyl (C=O) groups is 1. The van der Waals surface area contributed by atoms with E-state index in [1.165, 1.54) is 43.2 Å². The van der Waals surface area contributed by atoms with Gasteiger partial charge in [0, 0.05) is 24.7 Å². The zero-order chi connectivity index (χ0) is 23.3. The van der Waals surface area contributed by atoms with Crippen molar-refractivity contribution in [1.29, 1.82) is 0 Å². The van der Waals surface area contributed by atoms with Crippen molar-refractivity contribution in [3.8, 4) is 0 Å². The first-order valence-electron chi connectivity index (χ1n) is 10.9. The van der Waals surface area contributed by atoms with Crippen LogP contribution in [-0.2, 0) is 0 Å². The van der Waals surface area contributed by atoms with E-state index in [9.17, 15) is 19.1 Å². The van der Waals surface area contributed by atoms with E-state index in [1.54, 1.807) is 6.92 Å². The number of pyridine rings is 1. The smallest absolute Gasteiger partial charge is 0.356 e. The Bertz CT molecular complexity index is 1310. The largest absolute Gasteiger partial charge is 0.476 e. The predicted molar refractivity (Wildman–Crippen MR) is 124 cm³/mol. The molecule has 1 aromatic carbocycles. The lowest BCUT2D eigenvalue weighted by molar-refractivity contribution is 0.0691. The molecule has 0 amide bonds. The third-order valence-electron chi connectivity index (χ3n) is 6.80. The first-order chi connectivity index (χ1) is 15.7. The van der Waals surface area contributed by atoms with Gasteiger partial charge in [-0.05, 0) is 62.3 Å². The van der Waals surface area contributed by atoms with Crippen LogP contribution in [0.5, 0.6) is 0 Å². The fourth-order valence-electron chi connectivity index (χ4n) is 4.62. The minimum Gasteiger partial charge on any atom is -0.476 e. The lowest BCUT2D eigenvalue weighted by Gasteiger charge is -2.32. The Labute approximate surface area is 194 Å². The van der Waals surface area contributed by atoms with Crippen LogP contribution in [0.15, 0.2) is 39.5 Å². The number of nitrogens with one attached hydrogen (secondary N) is 1. The van der Waals surface area contributed by atoms with Gasteiger partial charge in [-0.1, -0.05) is 11.6 Å². The summed E-state index contributed by atoms with van der Waals surface area (Å²) in [7, 11) is 0. The number of halogens is 2. The van der Waals surface area contributed by atoms with Gasteiger partial charge >= 0.3 is 5.97 Å². The van der Waals surface area contributed by atoms with Crippen molar-refractivity contribution in [3.63, 3.8) is 0 Å². The second-order valence-corrected chi connectivity index (χ2v) is 9.40. The molecule has 1 saturated heterocycles. The molecule has 0 radical (unpaired) electrons. The number of piperidine rings is 1. The summed E-state index contributed by atoms with van der Waals surface area (Å²) >= 11 is 5.84. The fourth-order valence-corrected chi connectivity index (χ4v) is 4.76. The number of rotatable bonds is 5. The number of nitrogens with zero attached hydrogens (tertiary/aromatic N) is 2. The van der Waals surface area contributed by atoms with Crippen molar-refractivity contribution in [1.82, 2.24) is 4.98 Å². The zero-order valence-electron chi connectivity index (χ0n) is 18.0. The van der Waals surface area contributed by atoms with Crippen LogP contribution in [0.2, 0.25) is 5.15 Å². The van der Waals surface area contributed by atoms with E-state index in [2.05, 4.69) is 15.2 Å². The first-order valence-corrected chi connectivity index (χ1v) is 11.3. The molecule has 0 unspecified atom stereocenters. The lowest BCUT2D eigenvalue weighted by Crippen LogP contribution is -2.34. The van der Waals surface area contributed by atoms with Gasteiger partial charge in [-0.25, -0.2) is 14.2 Å². The number of benzene rings is 1. The minimum atomic E-state index is -1.25. The SMILES string of the molecule is C[C@@H](Nc1ccc(Cl)nc1C(=O)O)c1cc(F)cc2c(=O)cc(N3CCC4(CC3)CC4)oc12. The molecule has 5 rings (SSSR count). The van der Waals surface area contributed by atoms with Crippen molar-refractivity contribution in [2.45, 2.75) is 38.6 Å². The third-order valence-corrected chi connectivity index (χ3v) is 7.01. The summed E-state index contributed by atoms with van der Waals surface area (Å²) in [6, 6.07) is 6.28. The van der Waals surface area contributed by atoms with E-state index >= 15 is 0 Å².